The largest absolute Gasteiger partial charge is 0.478 e. The highest BCUT2D eigenvalue weighted by Crippen LogP contribution is 2.40. The minimum absolute atomic E-state index is 0.341. The monoisotopic (exact) mass is 334 g/mol. The van der Waals surface area contributed by atoms with Crippen molar-refractivity contribution in [2.75, 3.05) is 0 Å². The van der Waals surface area contributed by atoms with Crippen LogP contribution in [-0.2, 0) is 13.0 Å². The number of carbonyl (C=O) groups is 1. The van der Waals surface area contributed by atoms with Gasteiger partial charge in [0.05, 0.1) is 11.3 Å². The Morgan fingerprint density at radius 3 is 2.84 bits per heavy atom. The summed E-state index contributed by atoms with van der Waals surface area (Å²) < 4.78 is 2.25. The van der Waals surface area contributed by atoms with E-state index in [4.69, 9.17) is 0 Å². The van der Waals surface area contributed by atoms with Gasteiger partial charge < -0.3 is 9.67 Å². The molecule has 0 atom stereocenters. The molecular formula is C21H22N2O2. The zero-order valence-corrected chi connectivity index (χ0v) is 14.4. The van der Waals surface area contributed by atoms with Gasteiger partial charge in [0.2, 0.25) is 0 Å². The van der Waals surface area contributed by atoms with Crippen molar-refractivity contribution in [2.24, 2.45) is 0 Å². The first-order chi connectivity index (χ1) is 12.2. The first-order valence-electron chi connectivity index (χ1n) is 8.95. The van der Waals surface area contributed by atoms with Gasteiger partial charge in [0, 0.05) is 30.9 Å². The van der Waals surface area contributed by atoms with E-state index in [1.165, 1.54) is 10.9 Å². The predicted octanol–water partition coefficient (Wildman–Crippen LogP) is 4.61. The zero-order valence-electron chi connectivity index (χ0n) is 14.4. The number of benzene rings is 1. The van der Waals surface area contributed by atoms with Crippen LogP contribution in [0, 0.1) is 0 Å². The van der Waals surface area contributed by atoms with Crippen molar-refractivity contribution in [3.63, 3.8) is 0 Å². The van der Waals surface area contributed by atoms with Crippen LogP contribution in [0.2, 0.25) is 0 Å². The van der Waals surface area contributed by atoms with E-state index in [0.717, 1.165) is 36.9 Å². The fraction of sp³-hybridized carbons (Fsp3) is 0.333. The summed E-state index contributed by atoms with van der Waals surface area (Å²) in [5.41, 5.74) is 4.34. The maximum atomic E-state index is 11.7. The van der Waals surface area contributed by atoms with Gasteiger partial charge in [-0.25, -0.2) is 4.79 Å². The highest BCUT2D eigenvalue weighted by molar-refractivity contribution is 5.89. The van der Waals surface area contributed by atoms with Gasteiger partial charge in [-0.05, 0) is 59.9 Å². The Labute approximate surface area is 147 Å². The summed E-state index contributed by atoms with van der Waals surface area (Å²) in [6, 6.07) is 10.3. The molecule has 0 saturated heterocycles. The molecule has 0 unspecified atom stereocenters. The van der Waals surface area contributed by atoms with Gasteiger partial charge in [0.1, 0.15) is 0 Å². The molecule has 1 N–H and O–H groups in total. The van der Waals surface area contributed by atoms with Crippen molar-refractivity contribution in [3.05, 3.63) is 65.1 Å². The third kappa shape index (κ3) is 3.16. The van der Waals surface area contributed by atoms with E-state index >= 15 is 0 Å². The molecule has 2 heterocycles. The Morgan fingerprint density at radius 2 is 2.12 bits per heavy atom. The SMILES string of the molecule is CCCn1ccc2ccc(Cc3ncc(C4CC4)cc3C(=O)O)cc21. The van der Waals surface area contributed by atoms with E-state index in [0.29, 0.717) is 23.6 Å². The molecule has 3 aromatic rings. The van der Waals surface area contributed by atoms with Crippen molar-refractivity contribution < 1.29 is 9.90 Å². The van der Waals surface area contributed by atoms with Gasteiger partial charge in [-0.15, -0.1) is 0 Å². The molecule has 0 radical (unpaired) electrons. The molecule has 0 spiro atoms. The maximum absolute atomic E-state index is 11.7. The van der Waals surface area contributed by atoms with Crippen LogP contribution in [-0.4, -0.2) is 20.6 Å². The average Bonchev–Trinajstić information content (AvgIpc) is 3.38. The number of rotatable bonds is 6. The van der Waals surface area contributed by atoms with E-state index in [1.807, 2.05) is 12.3 Å². The van der Waals surface area contributed by atoms with Gasteiger partial charge in [-0.1, -0.05) is 19.1 Å². The summed E-state index contributed by atoms with van der Waals surface area (Å²) in [4.78, 5) is 16.2. The lowest BCUT2D eigenvalue weighted by atomic mass is 10.0. The Bertz CT molecular complexity index is 938. The summed E-state index contributed by atoms with van der Waals surface area (Å²) in [5, 5.41) is 10.8. The molecule has 1 saturated carbocycles. The van der Waals surface area contributed by atoms with Gasteiger partial charge in [0.25, 0.3) is 0 Å². The summed E-state index contributed by atoms with van der Waals surface area (Å²) in [5.74, 6) is -0.381. The smallest absolute Gasteiger partial charge is 0.337 e. The molecule has 1 aliphatic carbocycles. The van der Waals surface area contributed by atoms with Crippen molar-refractivity contribution in [1.29, 1.82) is 0 Å². The van der Waals surface area contributed by atoms with Crippen LogP contribution in [0.1, 0.15) is 59.3 Å². The van der Waals surface area contributed by atoms with Crippen LogP contribution in [0.25, 0.3) is 10.9 Å². The molecular weight excluding hydrogens is 312 g/mol. The van der Waals surface area contributed by atoms with E-state index in [-0.39, 0.29) is 0 Å². The number of nitrogens with zero attached hydrogens (tertiary/aromatic N) is 2. The Balaban J connectivity index is 1.68. The van der Waals surface area contributed by atoms with Crippen molar-refractivity contribution in [2.45, 2.75) is 45.1 Å². The molecule has 4 nitrogen and oxygen atoms in total. The summed E-state index contributed by atoms with van der Waals surface area (Å²) >= 11 is 0. The van der Waals surface area contributed by atoms with Gasteiger partial charge >= 0.3 is 5.97 Å². The normalized spacial score (nSPS) is 14.1. The van der Waals surface area contributed by atoms with Gasteiger partial charge in [-0.2, -0.15) is 0 Å². The van der Waals surface area contributed by atoms with E-state index in [1.54, 1.807) is 0 Å². The minimum atomic E-state index is -0.888. The minimum Gasteiger partial charge on any atom is -0.478 e. The van der Waals surface area contributed by atoms with Crippen LogP contribution >= 0.6 is 0 Å². The van der Waals surface area contributed by atoms with Crippen LogP contribution < -0.4 is 0 Å². The second-order valence-electron chi connectivity index (χ2n) is 6.92. The third-order valence-electron chi connectivity index (χ3n) is 4.94. The highest BCUT2D eigenvalue weighted by Gasteiger charge is 2.25. The fourth-order valence-electron chi connectivity index (χ4n) is 3.44. The zero-order chi connectivity index (χ0) is 17.4. The molecule has 1 aliphatic rings. The van der Waals surface area contributed by atoms with Crippen molar-refractivity contribution >= 4 is 16.9 Å². The summed E-state index contributed by atoms with van der Waals surface area (Å²) in [7, 11) is 0. The van der Waals surface area contributed by atoms with Crippen LogP contribution in [0.5, 0.6) is 0 Å². The molecule has 0 amide bonds. The molecule has 25 heavy (non-hydrogen) atoms. The van der Waals surface area contributed by atoms with Gasteiger partial charge in [-0.3, -0.25) is 4.98 Å². The number of aromatic nitrogens is 2. The lowest BCUT2D eigenvalue weighted by Gasteiger charge is -2.09. The Morgan fingerprint density at radius 1 is 1.28 bits per heavy atom. The number of hydrogen-bond acceptors (Lipinski definition) is 2. The van der Waals surface area contributed by atoms with Gasteiger partial charge in [0.15, 0.2) is 0 Å². The second kappa shape index (κ2) is 6.36. The van der Waals surface area contributed by atoms with Crippen LogP contribution in [0.4, 0.5) is 0 Å². The number of fused-ring (bicyclic) bond motifs is 1. The summed E-state index contributed by atoms with van der Waals surface area (Å²) in [6.45, 7) is 3.15. The third-order valence-corrected chi connectivity index (χ3v) is 4.94. The topological polar surface area (TPSA) is 55.1 Å². The maximum Gasteiger partial charge on any atom is 0.337 e. The molecule has 1 fully saturated rings. The molecule has 4 rings (SSSR count). The van der Waals surface area contributed by atoms with Crippen molar-refractivity contribution in [3.8, 4) is 0 Å². The first kappa shape index (κ1) is 15.9. The fourth-order valence-corrected chi connectivity index (χ4v) is 3.44. The molecule has 0 aliphatic heterocycles. The molecule has 1 aromatic carbocycles. The molecule has 2 aromatic heterocycles. The standard InChI is InChI=1S/C21H22N2O2/c1-2-8-23-9-7-16-4-3-14(11-20(16)23)10-19-18(21(24)25)12-17(13-22-19)15-5-6-15/h3-4,7,9,11-13,15H,2,5-6,8,10H2,1H3,(H,24,25). The lowest BCUT2D eigenvalue weighted by molar-refractivity contribution is 0.0695. The Hall–Kier alpha value is -2.62. The number of carboxylic acid groups (broad SMARTS) is 1. The van der Waals surface area contributed by atoms with Crippen LogP contribution in [0.15, 0.2) is 42.7 Å². The number of aryl methyl sites for hydroxylation is 1. The summed E-state index contributed by atoms with van der Waals surface area (Å²) in [6.07, 6.45) is 7.89. The quantitative estimate of drug-likeness (QED) is 0.716. The first-order valence-corrected chi connectivity index (χ1v) is 8.95. The molecule has 4 heteroatoms. The van der Waals surface area contributed by atoms with Crippen molar-refractivity contribution in [1.82, 2.24) is 9.55 Å². The number of carboxylic acids is 1. The predicted molar refractivity (Wildman–Crippen MR) is 98.2 cm³/mol. The number of pyridine rings is 1. The lowest BCUT2D eigenvalue weighted by Crippen LogP contribution is -2.07. The average molecular weight is 334 g/mol. The van der Waals surface area contributed by atoms with E-state index < -0.39 is 5.97 Å². The van der Waals surface area contributed by atoms with E-state index in [2.05, 4.69) is 46.9 Å². The number of hydrogen-bond donors (Lipinski definition) is 1. The molecule has 0 bridgehead atoms. The number of aromatic carboxylic acids is 1. The molecule has 128 valence electrons. The Kier molecular flexibility index (Phi) is 4.04. The van der Waals surface area contributed by atoms with E-state index in [9.17, 15) is 9.90 Å². The van der Waals surface area contributed by atoms with Crippen LogP contribution in [0.3, 0.4) is 0 Å². The highest BCUT2D eigenvalue weighted by atomic mass is 16.4. The second-order valence-corrected chi connectivity index (χ2v) is 6.92.